The maximum absolute atomic E-state index is 11.0. The van der Waals surface area contributed by atoms with Gasteiger partial charge in [0.25, 0.3) is 0 Å². The van der Waals surface area contributed by atoms with Gasteiger partial charge >= 0.3 is 0 Å². The van der Waals surface area contributed by atoms with Gasteiger partial charge in [-0.15, -0.1) is 0 Å². The Morgan fingerprint density at radius 1 is 1.53 bits per heavy atom. The summed E-state index contributed by atoms with van der Waals surface area (Å²) >= 11 is 0. The molecule has 0 aromatic carbocycles. The van der Waals surface area contributed by atoms with Crippen LogP contribution in [0.25, 0.3) is 0 Å². The SMILES string of the molecule is CCC(NC(C)c1ccncc1)C(N)=O. The van der Waals surface area contributed by atoms with Crippen LogP contribution in [0.5, 0.6) is 0 Å². The lowest BCUT2D eigenvalue weighted by Gasteiger charge is -2.19. The van der Waals surface area contributed by atoms with E-state index in [1.807, 2.05) is 26.0 Å². The Kier molecular flexibility index (Phi) is 4.24. The van der Waals surface area contributed by atoms with E-state index in [2.05, 4.69) is 10.3 Å². The van der Waals surface area contributed by atoms with Gasteiger partial charge in [0.2, 0.25) is 5.91 Å². The van der Waals surface area contributed by atoms with Crippen molar-refractivity contribution in [1.82, 2.24) is 10.3 Å². The van der Waals surface area contributed by atoms with Crippen molar-refractivity contribution in [2.75, 3.05) is 0 Å². The first kappa shape index (κ1) is 11.7. The lowest BCUT2D eigenvalue weighted by Crippen LogP contribution is -2.41. The summed E-state index contributed by atoms with van der Waals surface area (Å²) in [5.41, 5.74) is 6.36. The summed E-state index contributed by atoms with van der Waals surface area (Å²) in [7, 11) is 0. The number of aromatic nitrogens is 1. The Bertz CT molecular complexity index is 313. The number of nitrogens with one attached hydrogen (secondary N) is 1. The minimum Gasteiger partial charge on any atom is -0.368 e. The monoisotopic (exact) mass is 207 g/mol. The molecular weight excluding hydrogens is 190 g/mol. The van der Waals surface area contributed by atoms with E-state index in [-0.39, 0.29) is 18.0 Å². The van der Waals surface area contributed by atoms with E-state index < -0.39 is 0 Å². The Hall–Kier alpha value is -1.42. The highest BCUT2D eigenvalue weighted by Crippen LogP contribution is 2.11. The molecule has 2 unspecified atom stereocenters. The van der Waals surface area contributed by atoms with Crippen LogP contribution in [-0.4, -0.2) is 16.9 Å². The molecule has 1 aromatic rings. The molecule has 4 nitrogen and oxygen atoms in total. The van der Waals surface area contributed by atoms with Crippen molar-refractivity contribution in [3.8, 4) is 0 Å². The summed E-state index contributed by atoms with van der Waals surface area (Å²) in [4.78, 5) is 15.0. The molecule has 2 atom stereocenters. The Morgan fingerprint density at radius 2 is 2.13 bits per heavy atom. The minimum absolute atomic E-state index is 0.102. The molecule has 0 saturated heterocycles. The molecule has 1 rings (SSSR count). The predicted octanol–water partition coefficient (Wildman–Crippen LogP) is 0.996. The fourth-order valence-electron chi connectivity index (χ4n) is 1.45. The topological polar surface area (TPSA) is 68.0 Å². The second kappa shape index (κ2) is 5.46. The zero-order valence-electron chi connectivity index (χ0n) is 9.10. The van der Waals surface area contributed by atoms with Crippen LogP contribution in [0.3, 0.4) is 0 Å². The standard InChI is InChI=1S/C11H17N3O/c1-3-10(11(12)15)14-8(2)9-4-6-13-7-5-9/h4-8,10,14H,3H2,1-2H3,(H2,12,15). The number of carbonyl (C=O) groups excluding carboxylic acids is 1. The summed E-state index contributed by atoms with van der Waals surface area (Å²) < 4.78 is 0. The Labute approximate surface area is 89.9 Å². The minimum atomic E-state index is -0.307. The summed E-state index contributed by atoms with van der Waals surface area (Å²) in [6.45, 7) is 3.93. The molecule has 0 aliphatic heterocycles. The van der Waals surface area contributed by atoms with E-state index in [0.29, 0.717) is 6.42 Å². The summed E-state index contributed by atoms with van der Waals surface area (Å²) in [5, 5.41) is 3.18. The highest BCUT2D eigenvalue weighted by atomic mass is 16.1. The fraction of sp³-hybridized carbons (Fsp3) is 0.455. The molecular formula is C11H17N3O. The van der Waals surface area contributed by atoms with Gasteiger partial charge < -0.3 is 5.73 Å². The maximum atomic E-state index is 11.0. The Balaban J connectivity index is 2.62. The van der Waals surface area contributed by atoms with Gasteiger partial charge in [0, 0.05) is 18.4 Å². The third kappa shape index (κ3) is 3.32. The third-order valence-corrected chi connectivity index (χ3v) is 2.41. The van der Waals surface area contributed by atoms with Crippen molar-refractivity contribution >= 4 is 5.91 Å². The Morgan fingerprint density at radius 3 is 2.60 bits per heavy atom. The number of carbonyl (C=O) groups is 1. The van der Waals surface area contributed by atoms with E-state index >= 15 is 0 Å². The number of hydrogen-bond acceptors (Lipinski definition) is 3. The molecule has 0 saturated carbocycles. The van der Waals surface area contributed by atoms with Crippen molar-refractivity contribution in [3.63, 3.8) is 0 Å². The summed E-state index contributed by atoms with van der Waals surface area (Å²) in [6, 6.07) is 3.68. The number of nitrogens with zero attached hydrogens (tertiary/aromatic N) is 1. The van der Waals surface area contributed by atoms with Crippen LogP contribution in [0, 0.1) is 0 Å². The van der Waals surface area contributed by atoms with Gasteiger partial charge in [0.05, 0.1) is 6.04 Å². The second-order valence-electron chi connectivity index (χ2n) is 3.53. The van der Waals surface area contributed by atoms with E-state index in [4.69, 9.17) is 5.73 Å². The second-order valence-corrected chi connectivity index (χ2v) is 3.53. The van der Waals surface area contributed by atoms with Crippen LogP contribution in [-0.2, 0) is 4.79 Å². The van der Waals surface area contributed by atoms with E-state index in [9.17, 15) is 4.79 Å². The first-order chi connectivity index (χ1) is 7.15. The van der Waals surface area contributed by atoms with Crippen molar-refractivity contribution in [2.24, 2.45) is 5.73 Å². The van der Waals surface area contributed by atoms with Crippen LogP contribution in [0.1, 0.15) is 31.9 Å². The molecule has 1 amide bonds. The molecule has 1 aromatic heterocycles. The van der Waals surface area contributed by atoms with Crippen LogP contribution >= 0.6 is 0 Å². The quantitative estimate of drug-likeness (QED) is 0.756. The molecule has 0 spiro atoms. The molecule has 0 fully saturated rings. The molecule has 0 bridgehead atoms. The van der Waals surface area contributed by atoms with Gasteiger partial charge in [-0.25, -0.2) is 0 Å². The van der Waals surface area contributed by atoms with Crippen molar-refractivity contribution < 1.29 is 4.79 Å². The van der Waals surface area contributed by atoms with E-state index in [1.165, 1.54) is 0 Å². The van der Waals surface area contributed by atoms with Gasteiger partial charge in [-0.05, 0) is 31.0 Å². The van der Waals surface area contributed by atoms with Gasteiger partial charge in [0.15, 0.2) is 0 Å². The predicted molar refractivity (Wildman–Crippen MR) is 59.1 cm³/mol. The number of amides is 1. The molecule has 0 aliphatic rings. The number of primary amides is 1. The summed E-state index contributed by atoms with van der Waals surface area (Å²) in [5.74, 6) is -0.307. The molecule has 0 radical (unpaired) electrons. The van der Waals surface area contributed by atoms with E-state index in [1.54, 1.807) is 12.4 Å². The number of rotatable bonds is 5. The van der Waals surface area contributed by atoms with Crippen molar-refractivity contribution in [1.29, 1.82) is 0 Å². The summed E-state index contributed by atoms with van der Waals surface area (Å²) in [6.07, 6.45) is 4.17. The molecule has 15 heavy (non-hydrogen) atoms. The van der Waals surface area contributed by atoms with Gasteiger partial charge in [-0.1, -0.05) is 6.92 Å². The van der Waals surface area contributed by atoms with Crippen molar-refractivity contribution in [3.05, 3.63) is 30.1 Å². The number of nitrogens with two attached hydrogens (primary N) is 1. The molecule has 4 heteroatoms. The lowest BCUT2D eigenvalue weighted by molar-refractivity contribution is -0.120. The highest BCUT2D eigenvalue weighted by Gasteiger charge is 2.15. The first-order valence-electron chi connectivity index (χ1n) is 5.10. The van der Waals surface area contributed by atoms with Crippen molar-refractivity contribution in [2.45, 2.75) is 32.4 Å². The largest absolute Gasteiger partial charge is 0.368 e. The molecule has 1 heterocycles. The van der Waals surface area contributed by atoms with Crippen LogP contribution in [0.2, 0.25) is 0 Å². The van der Waals surface area contributed by atoms with E-state index in [0.717, 1.165) is 5.56 Å². The van der Waals surface area contributed by atoms with Gasteiger partial charge in [-0.3, -0.25) is 15.1 Å². The van der Waals surface area contributed by atoms with Crippen LogP contribution < -0.4 is 11.1 Å². The average molecular weight is 207 g/mol. The van der Waals surface area contributed by atoms with Gasteiger partial charge in [-0.2, -0.15) is 0 Å². The zero-order valence-corrected chi connectivity index (χ0v) is 9.10. The normalized spacial score (nSPS) is 14.5. The highest BCUT2D eigenvalue weighted by molar-refractivity contribution is 5.79. The third-order valence-electron chi connectivity index (χ3n) is 2.41. The first-order valence-corrected chi connectivity index (χ1v) is 5.10. The lowest BCUT2D eigenvalue weighted by atomic mass is 10.1. The maximum Gasteiger partial charge on any atom is 0.234 e. The molecule has 82 valence electrons. The number of hydrogen-bond donors (Lipinski definition) is 2. The molecule has 3 N–H and O–H groups in total. The number of pyridine rings is 1. The van der Waals surface area contributed by atoms with Gasteiger partial charge in [0.1, 0.15) is 0 Å². The molecule has 0 aliphatic carbocycles. The van der Waals surface area contributed by atoms with Crippen LogP contribution in [0.15, 0.2) is 24.5 Å². The zero-order chi connectivity index (χ0) is 11.3. The fourth-order valence-corrected chi connectivity index (χ4v) is 1.45. The smallest absolute Gasteiger partial charge is 0.234 e. The van der Waals surface area contributed by atoms with Crippen LogP contribution in [0.4, 0.5) is 0 Å². The average Bonchev–Trinajstić information content (AvgIpc) is 2.26.